The first kappa shape index (κ1) is 15.3. The summed E-state index contributed by atoms with van der Waals surface area (Å²) in [5, 5.41) is 4.34. The first-order chi connectivity index (χ1) is 9.21. The van der Waals surface area contributed by atoms with E-state index < -0.39 is 14.9 Å². The molecule has 0 aliphatic carbocycles. The lowest BCUT2D eigenvalue weighted by Gasteiger charge is -2.08. The van der Waals surface area contributed by atoms with Crippen molar-refractivity contribution in [1.29, 1.82) is 0 Å². The van der Waals surface area contributed by atoms with E-state index in [4.69, 9.17) is 22.3 Å². The molecule has 4 nitrogen and oxygen atoms in total. The van der Waals surface area contributed by atoms with Crippen molar-refractivity contribution in [2.45, 2.75) is 25.3 Å². The maximum Gasteiger partial charge on any atom is 0.264 e. The fraction of sp³-hybridized carbons (Fsp3) is 0.250. The lowest BCUT2D eigenvalue weighted by molar-refractivity contribution is 0.578. The summed E-state index contributed by atoms with van der Waals surface area (Å²) in [6, 6.07) is 4.34. The summed E-state index contributed by atoms with van der Waals surface area (Å²) in [5.74, 6) is -0.472. The summed E-state index contributed by atoms with van der Waals surface area (Å²) in [4.78, 5) is -0.0494. The quantitative estimate of drug-likeness (QED) is 0.808. The van der Waals surface area contributed by atoms with Crippen LogP contribution in [-0.4, -0.2) is 18.2 Å². The van der Waals surface area contributed by atoms with Crippen molar-refractivity contribution in [2.24, 2.45) is 0 Å². The Hall–Kier alpha value is -1.11. The number of halogens is 3. The maximum absolute atomic E-state index is 13.7. The lowest BCUT2D eigenvalue weighted by Crippen LogP contribution is -2.07. The van der Waals surface area contributed by atoms with Gasteiger partial charge in [-0.05, 0) is 26.0 Å². The monoisotopic (exact) mass is 336 g/mol. The van der Waals surface area contributed by atoms with Gasteiger partial charge in [0.05, 0.1) is 17.9 Å². The number of aryl methyl sites for hydroxylation is 1. The van der Waals surface area contributed by atoms with Crippen LogP contribution < -0.4 is 0 Å². The van der Waals surface area contributed by atoms with E-state index in [0.717, 1.165) is 0 Å². The van der Waals surface area contributed by atoms with Crippen LogP contribution in [-0.2, 0) is 15.6 Å². The number of nitrogens with zero attached hydrogens (tertiary/aromatic N) is 2. The summed E-state index contributed by atoms with van der Waals surface area (Å²) in [6.07, 6.45) is 0. The molecule has 0 N–H and O–H groups in total. The van der Waals surface area contributed by atoms with Gasteiger partial charge >= 0.3 is 0 Å². The summed E-state index contributed by atoms with van der Waals surface area (Å²) in [5.41, 5.74) is 0.861. The molecule has 0 radical (unpaired) electrons. The molecule has 0 bridgehead atoms. The molecule has 1 heterocycles. The molecule has 1 aromatic carbocycles. The Labute approximate surface area is 125 Å². The molecule has 0 fully saturated rings. The Morgan fingerprint density at radius 1 is 1.35 bits per heavy atom. The Kier molecular flexibility index (Phi) is 4.09. The van der Waals surface area contributed by atoms with Gasteiger partial charge < -0.3 is 0 Å². The average molecular weight is 337 g/mol. The smallest absolute Gasteiger partial charge is 0.264 e. The highest BCUT2D eigenvalue weighted by Gasteiger charge is 2.23. The Bertz CT molecular complexity index is 752. The molecule has 1 aromatic heterocycles. The second-order valence-corrected chi connectivity index (χ2v) is 7.21. The van der Waals surface area contributed by atoms with Gasteiger partial charge in [-0.1, -0.05) is 17.7 Å². The van der Waals surface area contributed by atoms with Crippen LogP contribution in [0.4, 0.5) is 4.39 Å². The van der Waals surface area contributed by atoms with Crippen molar-refractivity contribution in [3.63, 3.8) is 0 Å². The molecule has 0 spiro atoms. The van der Waals surface area contributed by atoms with Crippen molar-refractivity contribution in [1.82, 2.24) is 9.78 Å². The van der Waals surface area contributed by atoms with E-state index >= 15 is 0 Å². The zero-order valence-electron chi connectivity index (χ0n) is 10.7. The van der Waals surface area contributed by atoms with Crippen molar-refractivity contribution in [2.75, 3.05) is 0 Å². The van der Waals surface area contributed by atoms with Crippen molar-refractivity contribution in [3.05, 3.63) is 46.0 Å². The third-order valence-electron chi connectivity index (χ3n) is 2.93. The van der Waals surface area contributed by atoms with Crippen LogP contribution >= 0.6 is 22.3 Å². The van der Waals surface area contributed by atoms with E-state index in [1.54, 1.807) is 13.0 Å². The highest BCUT2D eigenvalue weighted by molar-refractivity contribution is 8.13. The van der Waals surface area contributed by atoms with Crippen LogP contribution in [0.3, 0.4) is 0 Å². The SMILES string of the molecule is Cc1nn(Cc2c(F)cccc2Cl)c(C)c1S(=O)(=O)Cl. The van der Waals surface area contributed by atoms with Crippen molar-refractivity contribution < 1.29 is 12.8 Å². The highest BCUT2D eigenvalue weighted by Crippen LogP contribution is 2.26. The van der Waals surface area contributed by atoms with Gasteiger partial charge in [-0.25, -0.2) is 12.8 Å². The van der Waals surface area contributed by atoms with E-state index in [1.807, 2.05) is 0 Å². The number of benzene rings is 1. The summed E-state index contributed by atoms with van der Waals surface area (Å²) < 4.78 is 38.1. The van der Waals surface area contributed by atoms with Gasteiger partial charge in [0, 0.05) is 21.3 Å². The minimum Gasteiger partial charge on any atom is -0.264 e. The summed E-state index contributed by atoms with van der Waals surface area (Å²) >= 11 is 5.94. The minimum atomic E-state index is -3.89. The zero-order chi connectivity index (χ0) is 15.1. The second-order valence-electron chi connectivity index (χ2n) is 4.30. The number of hydrogen-bond acceptors (Lipinski definition) is 3. The van der Waals surface area contributed by atoms with Crippen LogP contribution in [0.2, 0.25) is 5.02 Å². The number of rotatable bonds is 3. The van der Waals surface area contributed by atoms with Gasteiger partial charge in [-0.3, -0.25) is 4.68 Å². The third-order valence-corrected chi connectivity index (χ3v) is 4.82. The molecular weight excluding hydrogens is 326 g/mol. The van der Waals surface area contributed by atoms with E-state index in [1.165, 1.54) is 23.7 Å². The Morgan fingerprint density at radius 2 is 2.00 bits per heavy atom. The summed E-state index contributed by atoms with van der Waals surface area (Å²) in [7, 11) is 1.47. The van der Waals surface area contributed by atoms with E-state index in [0.29, 0.717) is 5.69 Å². The molecule has 0 amide bonds. The fourth-order valence-corrected chi connectivity index (χ4v) is 3.77. The maximum atomic E-state index is 13.7. The average Bonchev–Trinajstić information content (AvgIpc) is 2.58. The molecule has 108 valence electrons. The van der Waals surface area contributed by atoms with Gasteiger partial charge in [-0.2, -0.15) is 5.10 Å². The molecule has 20 heavy (non-hydrogen) atoms. The van der Waals surface area contributed by atoms with Crippen LogP contribution in [0.1, 0.15) is 17.0 Å². The molecular formula is C12H11Cl2FN2O2S. The van der Waals surface area contributed by atoms with Gasteiger partial charge in [0.1, 0.15) is 10.7 Å². The molecule has 0 saturated carbocycles. The molecule has 2 rings (SSSR count). The largest absolute Gasteiger partial charge is 0.264 e. The molecule has 0 atom stereocenters. The Morgan fingerprint density at radius 3 is 2.50 bits per heavy atom. The van der Waals surface area contributed by atoms with Crippen molar-refractivity contribution >= 4 is 31.3 Å². The van der Waals surface area contributed by atoms with Gasteiger partial charge in [0.25, 0.3) is 9.05 Å². The van der Waals surface area contributed by atoms with Crippen LogP contribution in [0, 0.1) is 19.7 Å². The molecule has 0 saturated heterocycles. The molecule has 2 aromatic rings. The second kappa shape index (κ2) is 5.35. The topological polar surface area (TPSA) is 52.0 Å². The van der Waals surface area contributed by atoms with Crippen LogP contribution in [0.25, 0.3) is 0 Å². The molecule has 0 unspecified atom stereocenters. The van der Waals surface area contributed by atoms with Gasteiger partial charge in [-0.15, -0.1) is 0 Å². The van der Waals surface area contributed by atoms with Crippen LogP contribution in [0.5, 0.6) is 0 Å². The fourth-order valence-electron chi connectivity index (χ4n) is 2.02. The number of aromatic nitrogens is 2. The van der Waals surface area contributed by atoms with Gasteiger partial charge in [0.15, 0.2) is 0 Å². The molecule has 0 aliphatic heterocycles. The van der Waals surface area contributed by atoms with Crippen LogP contribution in [0.15, 0.2) is 23.1 Å². The normalized spacial score (nSPS) is 11.8. The summed E-state index contributed by atoms with van der Waals surface area (Å²) in [6.45, 7) is 3.12. The Balaban J connectivity index is 2.52. The first-order valence-electron chi connectivity index (χ1n) is 5.63. The zero-order valence-corrected chi connectivity index (χ0v) is 13.0. The predicted octanol–water partition coefficient (Wildman–Crippen LogP) is 3.27. The van der Waals surface area contributed by atoms with Crippen molar-refractivity contribution in [3.8, 4) is 0 Å². The molecule has 0 aliphatic rings. The predicted molar refractivity (Wildman–Crippen MR) is 75.3 cm³/mol. The third kappa shape index (κ3) is 2.82. The molecule has 8 heteroatoms. The van der Waals surface area contributed by atoms with E-state index in [9.17, 15) is 12.8 Å². The highest BCUT2D eigenvalue weighted by atomic mass is 35.7. The van der Waals surface area contributed by atoms with Gasteiger partial charge in [0.2, 0.25) is 0 Å². The van der Waals surface area contributed by atoms with E-state index in [-0.39, 0.29) is 27.7 Å². The first-order valence-corrected chi connectivity index (χ1v) is 8.32. The lowest BCUT2D eigenvalue weighted by atomic mass is 10.2. The minimum absolute atomic E-state index is 0.0323. The standard InChI is InChI=1S/C12H11Cl2FN2O2S/c1-7-12(20(14,18)19)8(2)17(16-7)6-9-10(13)4-3-5-11(9)15/h3-5H,6H2,1-2H3. The van der Waals surface area contributed by atoms with E-state index in [2.05, 4.69) is 5.10 Å². The number of hydrogen-bond donors (Lipinski definition) is 0.